The van der Waals surface area contributed by atoms with Crippen molar-refractivity contribution in [3.63, 3.8) is 0 Å². The van der Waals surface area contributed by atoms with E-state index in [0.29, 0.717) is 6.42 Å². The Morgan fingerprint density at radius 2 is 1.65 bits per heavy atom. The lowest BCUT2D eigenvalue weighted by Crippen LogP contribution is -2.61. The Morgan fingerprint density at radius 1 is 1.00 bits per heavy atom. The summed E-state index contributed by atoms with van der Waals surface area (Å²) in [7, 11) is 0. The van der Waals surface area contributed by atoms with Crippen molar-refractivity contribution in [3.05, 3.63) is 70.5 Å². The number of benzene rings is 1. The summed E-state index contributed by atoms with van der Waals surface area (Å²) in [6.45, 7) is 18.5. The first-order valence-corrected chi connectivity index (χ1v) is 12.1. The van der Waals surface area contributed by atoms with Gasteiger partial charge >= 0.3 is 0 Å². The number of carbonyl (C=O) groups excluding carboxylic acids is 2. The SMILES string of the molecule is C=CC(C)(C)c1[nH]c2c(CC=C(C)C)cc(CC=C(C)C)cc2c1CC1NC(=O)[C@H](C)NC1=O. The molecule has 1 aromatic carbocycles. The van der Waals surface area contributed by atoms with Gasteiger partial charge in [0.1, 0.15) is 12.1 Å². The van der Waals surface area contributed by atoms with E-state index in [2.05, 4.69) is 88.0 Å². The molecule has 2 atom stereocenters. The second-order valence-electron chi connectivity index (χ2n) is 10.5. The van der Waals surface area contributed by atoms with Gasteiger partial charge < -0.3 is 15.6 Å². The minimum Gasteiger partial charge on any atom is -0.357 e. The third-order valence-electron chi connectivity index (χ3n) is 6.58. The maximum Gasteiger partial charge on any atom is 0.243 e. The highest BCUT2D eigenvalue weighted by Gasteiger charge is 2.34. The molecule has 1 aliphatic rings. The van der Waals surface area contributed by atoms with Crippen LogP contribution in [-0.4, -0.2) is 28.9 Å². The molecular formula is C29H39N3O2. The average Bonchev–Trinajstić information content (AvgIpc) is 3.13. The van der Waals surface area contributed by atoms with Crippen molar-refractivity contribution in [1.29, 1.82) is 0 Å². The van der Waals surface area contributed by atoms with Crippen LogP contribution in [0.15, 0.2) is 48.1 Å². The van der Waals surface area contributed by atoms with Crippen LogP contribution in [0.2, 0.25) is 0 Å². The van der Waals surface area contributed by atoms with Crippen LogP contribution in [0.25, 0.3) is 10.9 Å². The van der Waals surface area contributed by atoms with Gasteiger partial charge in [-0.1, -0.05) is 49.3 Å². The fraction of sp³-hybridized carbons (Fsp3) is 0.448. The van der Waals surface area contributed by atoms with Crippen molar-refractivity contribution in [2.24, 2.45) is 0 Å². The molecule has 3 rings (SSSR count). The Hall–Kier alpha value is -3.08. The van der Waals surface area contributed by atoms with Crippen LogP contribution < -0.4 is 10.6 Å². The van der Waals surface area contributed by atoms with Crippen LogP contribution in [-0.2, 0) is 34.3 Å². The molecule has 0 bridgehead atoms. The fourth-order valence-electron chi connectivity index (χ4n) is 4.36. The van der Waals surface area contributed by atoms with Crippen LogP contribution in [0.5, 0.6) is 0 Å². The topological polar surface area (TPSA) is 74.0 Å². The van der Waals surface area contributed by atoms with Gasteiger partial charge in [-0.3, -0.25) is 9.59 Å². The number of H-pyrrole nitrogens is 1. The minimum atomic E-state index is -0.607. The van der Waals surface area contributed by atoms with Gasteiger partial charge in [0.15, 0.2) is 0 Å². The molecule has 5 heteroatoms. The number of carbonyl (C=O) groups is 2. The Kier molecular flexibility index (Phi) is 7.54. The molecule has 1 saturated heterocycles. The van der Waals surface area contributed by atoms with E-state index in [1.807, 2.05) is 6.08 Å². The van der Waals surface area contributed by atoms with Gasteiger partial charge in [0.05, 0.1) is 0 Å². The van der Waals surface area contributed by atoms with Gasteiger partial charge in [0, 0.05) is 28.4 Å². The number of aromatic amines is 1. The van der Waals surface area contributed by atoms with Crippen LogP contribution in [0.1, 0.15) is 70.9 Å². The van der Waals surface area contributed by atoms with Crippen LogP contribution in [0.4, 0.5) is 0 Å². The van der Waals surface area contributed by atoms with E-state index in [9.17, 15) is 9.59 Å². The van der Waals surface area contributed by atoms with E-state index in [0.717, 1.165) is 35.0 Å². The lowest BCUT2D eigenvalue weighted by atomic mass is 9.84. The summed E-state index contributed by atoms with van der Waals surface area (Å²) in [6, 6.07) is 3.40. The molecule has 2 aromatic rings. The van der Waals surface area contributed by atoms with Crippen molar-refractivity contribution in [1.82, 2.24) is 15.6 Å². The molecule has 0 aliphatic carbocycles. The molecule has 5 nitrogen and oxygen atoms in total. The number of allylic oxidation sites excluding steroid dienone is 5. The molecule has 3 N–H and O–H groups in total. The third kappa shape index (κ3) is 5.52. The second kappa shape index (κ2) is 10.0. The van der Waals surface area contributed by atoms with Crippen LogP contribution in [0, 0.1) is 0 Å². The number of nitrogens with one attached hydrogen (secondary N) is 3. The molecule has 1 unspecified atom stereocenters. The molecule has 182 valence electrons. The van der Waals surface area contributed by atoms with Gasteiger partial charge in [0.25, 0.3) is 0 Å². The predicted octanol–water partition coefficient (Wildman–Crippen LogP) is 5.19. The molecular weight excluding hydrogens is 422 g/mol. The monoisotopic (exact) mass is 461 g/mol. The van der Waals surface area contributed by atoms with Crippen LogP contribution in [0.3, 0.4) is 0 Å². The van der Waals surface area contributed by atoms with Gasteiger partial charge in [-0.2, -0.15) is 0 Å². The average molecular weight is 462 g/mol. The first-order valence-electron chi connectivity index (χ1n) is 12.1. The first kappa shape index (κ1) is 25.5. The summed E-state index contributed by atoms with van der Waals surface area (Å²) < 4.78 is 0. The number of hydrogen-bond acceptors (Lipinski definition) is 2. The summed E-state index contributed by atoms with van der Waals surface area (Å²) in [4.78, 5) is 28.8. The Bertz CT molecular complexity index is 1170. The molecule has 2 heterocycles. The van der Waals surface area contributed by atoms with Crippen molar-refractivity contribution in [3.8, 4) is 0 Å². The predicted molar refractivity (Wildman–Crippen MR) is 141 cm³/mol. The van der Waals surface area contributed by atoms with E-state index in [4.69, 9.17) is 0 Å². The Balaban J connectivity index is 2.22. The molecule has 0 radical (unpaired) electrons. The van der Waals surface area contributed by atoms with Crippen molar-refractivity contribution >= 4 is 22.7 Å². The molecule has 2 amide bonds. The normalized spacial score (nSPS) is 18.3. The zero-order chi connectivity index (χ0) is 25.2. The molecule has 1 aromatic heterocycles. The number of piperazine rings is 1. The van der Waals surface area contributed by atoms with Gasteiger partial charge in [0.2, 0.25) is 11.8 Å². The highest BCUT2D eigenvalue weighted by atomic mass is 16.2. The Labute approximate surface area is 203 Å². The standard InChI is InChI=1S/C29H39N3O2/c1-9-29(7,8)26-23(16-24-28(34)30-19(6)27(33)31-24)22-15-20(12-10-17(2)3)14-21(25(22)32-26)13-11-18(4)5/h9-11,14-15,19,24,32H,1,12-13,16H2,2-8H3,(H,30,34)(H,31,33)/t19-,24?/m0/s1. The maximum absolute atomic E-state index is 12.8. The highest BCUT2D eigenvalue weighted by molar-refractivity contribution is 5.97. The van der Waals surface area contributed by atoms with Crippen molar-refractivity contribution in [2.45, 2.75) is 85.2 Å². The quantitative estimate of drug-likeness (QED) is 0.473. The van der Waals surface area contributed by atoms with Gasteiger partial charge in [-0.05, 0) is 70.2 Å². The van der Waals surface area contributed by atoms with E-state index < -0.39 is 12.1 Å². The fourth-order valence-corrected chi connectivity index (χ4v) is 4.36. The summed E-state index contributed by atoms with van der Waals surface area (Å²) in [5.74, 6) is -0.295. The summed E-state index contributed by atoms with van der Waals surface area (Å²) in [6.07, 6.45) is 8.52. The van der Waals surface area contributed by atoms with Crippen molar-refractivity contribution in [2.75, 3.05) is 0 Å². The lowest BCUT2D eigenvalue weighted by molar-refractivity contribution is -0.136. The molecule has 0 spiro atoms. The smallest absolute Gasteiger partial charge is 0.243 e. The number of aromatic nitrogens is 1. The molecule has 1 aliphatic heterocycles. The number of fused-ring (bicyclic) bond motifs is 1. The lowest BCUT2D eigenvalue weighted by Gasteiger charge is -2.29. The van der Waals surface area contributed by atoms with Gasteiger partial charge in [-0.25, -0.2) is 0 Å². The third-order valence-corrected chi connectivity index (χ3v) is 6.58. The maximum atomic E-state index is 12.8. The summed E-state index contributed by atoms with van der Waals surface area (Å²) in [5.41, 5.74) is 7.89. The van der Waals surface area contributed by atoms with E-state index in [1.54, 1.807) is 6.92 Å². The minimum absolute atomic E-state index is 0.144. The Morgan fingerprint density at radius 3 is 2.26 bits per heavy atom. The second-order valence-corrected chi connectivity index (χ2v) is 10.5. The van der Waals surface area contributed by atoms with Gasteiger partial charge in [-0.15, -0.1) is 6.58 Å². The van der Waals surface area contributed by atoms with Crippen LogP contribution >= 0.6 is 0 Å². The summed E-state index contributed by atoms with van der Waals surface area (Å²) >= 11 is 0. The number of amides is 2. The highest BCUT2D eigenvalue weighted by Crippen LogP contribution is 2.36. The van der Waals surface area contributed by atoms with E-state index in [1.165, 1.54) is 22.3 Å². The summed E-state index contributed by atoms with van der Waals surface area (Å²) in [5, 5.41) is 6.83. The van der Waals surface area contributed by atoms with E-state index in [-0.39, 0.29) is 17.2 Å². The number of rotatable bonds is 8. The molecule has 0 saturated carbocycles. The zero-order valence-corrected chi connectivity index (χ0v) is 21.7. The van der Waals surface area contributed by atoms with E-state index >= 15 is 0 Å². The number of hydrogen-bond donors (Lipinski definition) is 3. The molecule has 34 heavy (non-hydrogen) atoms. The largest absolute Gasteiger partial charge is 0.357 e. The van der Waals surface area contributed by atoms with Crippen molar-refractivity contribution < 1.29 is 9.59 Å². The first-order chi connectivity index (χ1) is 15.9. The molecule has 1 fully saturated rings. The zero-order valence-electron chi connectivity index (χ0n) is 21.7.